The average Bonchev–Trinajstić information content (AvgIpc) is 3.66. The van der Waals surface area contributed by atoms with Crippen LogP contribution < -0.4 is 0 Å². The molecule has 0 saturated heterocycles. The molecule has 0 spiro atoms. The van der Waals surface area contributed by atoms with Gasteiger partial charge in [-0.25, -0.2) is 0 Å². The Balaban J connectivity index is 1.84. The summed E-state index contributed by atoms with van der Waals surface area (Å²) in [7, 11) is 0. The van der Waals surface area contributed by atoms with Crippen molar-refractivity contribution in [1.29, 1.82) is 0 Å². The second-order valence-electron chi connectivity index (χ2n) is 11.4. The molecule has 0 aromatic carbocycles. The molecule has 0 bridgehead atoms. The first-order chi connectivity index (χ1) is 19.1. The van der Waals surface area contributed by atoms with Gasteiger partial charge in [0.05, 0.1) is 0 Å². The van der Waals surface area contributed by atoms with Crippen molar-refractivity contribution in [2.75, 3.05) is 0 Å². The van der Waals surface area contributed by atoms with Gasteiger partial charge >= 0.3 is 232 Å². The Morgan fingerprint density at radius 3 is 1.08 bits per heavy atom. The van der Waals surface area contributed by atoms with E-state index in [4.69, 9.17) is 6.15 Å². The molecule has 0 unspecified atom stereocenters. The molecule has 0 atom stereocenters. The van der Waals surface area contributed by atoms with Gasteiger partial charge in [-0.2, -0.15) is 0 Å². The van der Waals surface area contributed by atoms with Crippen molar-refractivity contribution in [2.45, 2.75) is 150 Å². The number of allylic oxidation sites excluding steroid dienone is 8. The fourth-order valence-electron chi connectivity index (χ4n) is 5.53. The fourth-order valence-corrected chi connectivity index (χ4v) is 15.4. The van der Waals surface area contributed by atoms with E-state index in [9.17, 15) is 9.59 Å². The molecule has 0 aromatic rings. The van der Waals surface area contributed by atoms with Crippen LogP contribution in [0.3, 0.4) is 0 Å². The third-order valence-corrected chi connectivity index (χ3v) is 18.6. The van der Waals surface area contributed by atoms with Gasteiger partial charge in [0.1, 0.15) is 0 Å². The molecular formula is C34H56O4Sn. The summed E-state index contributed by atoms with van der Waals surface area (Å²) < 4.78 is 12.6. The normalized spacial score (nSPS) is 15.0. The van der Waals surface area contributed by atoms with Crippen LogP contribution in [0.2, 0.25) is 7.87 Å². The molecule has 0 radical (unpaired) electrons. The fraction of sp³-hybridized carbons (Fsp3) is 0.706. The van der Waals surface area contributed by atoms with E-state index in [2.05, 4.69) is 38.2 Å². The third kappa shape index (κ3) is 13.7. The van der Waals surface area contributed by atoms with Gasteiger partial charge in [-0.1, -0.05) is 13.8 Å². The Morgan fingerprint density at radius 1 is 0.487 bits per heavy atom. The molecule has 220 valence electrons. The van der Waals surface area contributed by atoms with Crippen molar-refractivity contribution in [3.8, 4) is 0 Å². The van der Waals surface area contributed by atoms with Crippen molar-refractivity contribution in [2.24, 2.45) is 0 Å². The van der Waals surface area contributed by atoms with Crippen LogP contribution in [0.25, 0.3) is 0 Å². The van der Waals surface area contributed by atoms with Crippen molar-refractivity contribution in [3.05, 3.63) is 48.6 Å². The van der Waals surface area contributed by atoms with Gasteiger partial charge < -0.3 is 0 Å². The SMILES string of the molecule is CCCCCCCCCCCC(=O)[O][Sn]([O]C(=O)CCCCCCCCCCC)([CH]1C=CC=C1)[CH]1C=CC=C1. The second kappa shape index (κ2) is 21.4. The summed E-state index contributed by atoms with van der Waals surface area (Å²) in [5, 5.41) is 0. The molecule has 5 heteroatoms. The predicted molar refractivity (Wildman–Crippen MR) is 166 cm³/mol. The zero-order chi connectivity index (χ0) is 28.0. The number of rotatable bonds is 24. The maximum absolute atomic E-state index is 13.1. The summed E-state index contributed by atoms with van der Waals surface area (Å²) in [6.07, 6.45) is 38.8. The Hall–Kier alpha value is -1.30. The van der Waals surface area contributed by atoms with Gasteiger partial charge in [0.2, 0.25) is 0 Å². The standard InChI is InChI=1S/2C12H24O2.2C5H5.Sn/c2*1-2-3-4-5-6-7-8-9-10-11-12(13)14;2*1-2-4-5-3-1;/h2*2-11H2,1H3,(H,13,14);2*1-5H;/q;;;;+2/p-2. The molecule has 4 nitrogen and oxygen atoms in total. The topological polar surface area (TPSA) is 52.6 Å². The van der Waals surface area contributed by atoms with Crippen molar-refractivity contribution < 1.29 is 15.7 Å². The van der Waals surface area contributed by atoms with Crippen molar-refractivity contribution >= 4 is 31.1 Å². The van der Waals surface area contributed by atoms with Gasteiger partial charge in [0, 0.05) is 0 Å². The number of unbranched alkanes of at least 4 members (excludes halogenated alkanes) is 16. The zero-order valence-electron chi connectivity index (χ0n) is 25.0. The zero-order valence-corrected chi connectivity index (χ0v) is 27.9. The first kappa shape index (κ1) is 33.9. The minimum atomic E-state index is -4.28. The quantitative estimate of drug-likeness (QED) is 0.0773. The molecule has 0 heterocycles. The van der Waals surface area contributed by atoms with Crippen LogP contribution in [0.4, 0.5) is 0 Å². The van der Waals surface area contributed by atoms with Crippen LogP contribution in [0.15, 0.2) is 48.6 Å². The summed E-state index contributed by atoms with van der Waals surface area (Å²) in [6.45, 7) is 4.49. The summed E-state index contributed by atoms with van der Waals surface area (Å²) in [4.78, 5) is 26.3. The van der Waals surface area contributed by atoms with Crippen molar-refractivity contribution in [1.82, 2.24) is 0 Å². The Kier molecular flexibility index (Phi) is 18.6. The van der Waals surface area contributed by atoms with E-state index in [1.807, 2.05) is 24.3 Å². The second-order valence-corrected chi connectivity index (χ2v) is 20.5. The Labute approximate surface area is 244 Å². The van der Waals surface area contributed by atoms with E-state index in [-0.39, 0.29) is 19.8 Å². The number of carbonyl (C=O) groups excluding carboxylic acids is 2. The van der Waals surface area contributed by atoms with E-state index < -0.39 is 19.2 Å². The number of carbonyl (C=O) groups is 2. The monoisotopic (exact) mass is 648 g/mol. The van der Waals surface area contributed by atoms with Crippen LogP contribution in [-0.4, -0.2) is 31.1 Å². The molecule has 39 heavy (non-hydrogen) atoms. The molecule has 0 amide bonds. The molecule has 0 aromatic heterocycles. The molecule has 2 aliphatic carbocycles. The first-order valence-corrected chi connectivity index (χ1v) is 21.9. The molecule has 0 aliphatic heterocycles. The summed E-state index contributed by atoms with van der Waals surface area (Å²) in [5.74, 6) is -0.376. The van der Waals surface area contributed by atoms with Crippen LogP contribution in [0.1, 0.15) is 142 Å². The first-order valence-electron chi connectivity index (χ1n) is 16.3. The van der Waals surface area contributed by atoms with E-state index in [1.165, 1.54) is 89.9 Å². The molecular weight excluding hydrogens is 591 g/mol. The van der Waals surface area contributed by atoms with E-state index >= 15 is 0 Å². The van der Waals surface area contributed by atoms with Crippen LogP contribution in [-0.2, 0) is 15.7 Å². The molecule has 2 aliphatic rings. The van der Waals surface area contributed by atoms with E-state index in [1.54, 1.807) is 0 Å². The van der Waals surface area contributed by atoms with Crippen LogP contribution in [0, 0.1) is 0 Å². The number of hydrogen-bond acceptors (Lipinski definition) is 4. The van der Waals surface area contributed by atoms with Gasteiger partial charge in [-0.05, 0) is 0 Å². The molecule has 0 fully saturated rings. The minimum absolute atomic E-state index is 0.0872. The summed E-state index contributed by atoms with van der Waals surface area (Å²) in [5.41, 5.74) is 0. The Bertz CT molecular complexity index is 707. The van der Waals surface area contributed by atoms with E-state index in [0.29, 0.717) is 12.8 Å². The van der Waals surface area contributed by atoms with Gasteiger partial charge in [0.15, 0.2) is 0 Å². The average molecular weight is 648 g/mol. The molecule has 0 saturated carbocycles. The number of hydrogen-bond donors (Lipinski definition) is 0. The summed E-state index contributed by atoms with van der Waals surface area (Å²) >= 11 is -4.28. The van der Waals surface area contributed by atoms with Gasteiger partial charge in [-0.15, -0.1) is 0 Å². The van der Waals surface area contributed by atoms with Gasteiger partial charge in [-0.3, -0.25) is 0 Å². The van der Waals surface area contributed by atoms with Gasteiger partial charge in [0.25, 0.3) is 0 Å². The Morgan fingerprint density at radius 2 is 0.769 bits per heavy atom. The van der Waals surface area contributed by atoms with E-state index in [0.717, 1.165) is 25.7 Å². The third-order valence-electron chi connectivity index (χ3n) is 7.94. The summed E-state index contributed by atoms with van der Waals surface area (Å²) in [6, 6.07) is 0. The van der Waals surface area contributed by atoms with Crippen LogP contribution in [0.5, 0.6) is 0 Å². The van der Waals surface area contributed by atoms with Crippen LogP contribution >= 0.6 is 0 Å². The maximum atomic E-state index is 13.1. The van der Waals surface area contributed by atoms with Crippen molar-refractivity contribution in [3.63, 3.8) is 0 Å². The molecule has 2 rings (SSSR count). The predicted octanol–water partition coefficient (Wildman–Crippen LogP) is 10.3. The molecule has 0 N–H and O–H groups in total.